The molecule has 18 heavy (non-hydrogen) atoms. The molecule has 1 amide bonds. The smallest absolute Gasteiger partial charge is 0.251 e. The monoisotopic (exact) mass is 320 g/mol. The molecule has 2 heterocycles. The first-order valence-electron chi connectivity index (χ1n) is 5.58. The van der Waals surface area contributed by atoms with Crippen molar-refractivity contribution < 1.29 is 13.6 Å². The van der Waals surface area contributed by atoms with E-state index in [4.69, 9.17) is 0 Å². The zero-order chi connectivity index (χ0) is 13.6. The highest BCUT2D eigenvalue weighted by Crippen LogP contribution is 2.26. The van der Waals surface area contributed by atoms with Crippen molar-refractivity contribution in [3.63, 3.8) is 0 Å². The Labute approximate surface area is 113 Å². The summed E-state index contributed by atoms with van der Waals surface area (Å²) in [5, 5.41) is 0. The van der Waals surface area contributed by atoms with Crippen molar-refractivity contribution in [2.24, 2.45) is 0 Å². The second kappa shape index (κ2) is 6.78. The van der Waals surface area contributed by atoms with Gasteiger partial charge in [-0.1, -0.05) is 6.07 Å². The van der Waals surface area contributed by atoms with Gasteiger partial charge in [0.25, 0.3) is 5.92 Å². The van der Waals surface area contributed by atoms with Crippen LogP contribution in [0.2, 0.25) is 0 Å². The van der Waals surface area contributed by atoms with Gasteiger partial charge in [-0.2, -0.15) is 0 Å². The highest BCUT2D eigenvalue weighted by molar-refractivity contribution is 9.10. The molecule has 0 aromatic carbocycles. The predicted molar refractivity (Wildman–Crippen MR) is 68.5 cm³/mol. The fourth-order valence-corrected chi connectivity index (χ4v) is 1.64. The predicted octanol–water partition coefficient (Wildman–Crippen LogP) is 3.03. The Morgan fingerprint density at radius 2 is 2.00 bits per heavy atom. The number of halogens is 3. The largest absolute Gasteiger partial charge is 0.345 e. The summed E-state index contributed by atoms with van der Waals surface area (Å²) in [5.74, 6) is -2.54. The Balaban J connectivity index is 0.000000184. The first kappa shape index (κ1) is 15.0. The van der Waals surface area contributed by atoms with Crippen molar-refractivity contribution in [1.29, 1.82) is 0 Å². The SMILES string of the molecule is Cc1ccc(Br)nc1.O=CN1CCC(F)(F)CC1. The number of hydrogen-bond acceptors (Lipinski definition) is 2. The summed E-state index contributed by atoms with van der Waals surface area (Å²) in [4.78, 5) is 15.4. The van der Waals surface area contributed by atoms with E-state index in [0.717, 1.165) is 4.60 Å². The van der Waals surface area contributed by atoms with Gasteiger partial charge in [0.05, 0.1) is 0 Å². The number of aryl methyl sites for hydroxylation is 1. The van der Waals surface area contributed by atoms with Gasteiger partial charge >= 0.3 is 0 Å². The molecule has 0 bridgehead atoms. The standard InChI is InChI=1S/C6H6BrN.C6H9F2NO/c1-5-2-3-6(7)8-4-5;7-6(8)1-3-9(5-10)4-2-6/h2-4H,1H3;5H,1-4H2. The Hall–Kier alpha value is -1.04. The number of amides is 1. The van der Waals surface area contributed by atoms with Gasteiger partial charge in [0.15, 0.2) is 0 Å². The molecule has 0 aliphatic carbocycles. The first-order valence-corrected chi connectivity index (χ1v) is 6.37. The number of aromatic nitrogens is 1. The molecule has 0 saturated carbocycles. The normalized spacial score (nSPS) is 17.7. The van der Waals surface area contributed by atoms with Crippen molar-refractivity contribution in [2.75, 3.05) is 13.1 Å². The fourth-order valence-electron chi connectivity index (χ4n) is 1.41. The Kier molecular flexibility index (Phi) is 5.65. The van der Waals surface area contributed by atoms with Gasteiger partial charge in [0.2, 0.25) is 6.41 Å². The molecule has 6 heteroatoms. The minimum absolute atomic E-state index is 0.189. The van der Waals surface area contributed by atoms with Crippen molar-refractivity contribution in [2.45, 2.75) is 25.7 Å². The van der Waals surface area contributed by atoms with Gasteiger partial charge in [-0.15, -0.1) is 0 Å². The zero-order valence-corrected chi connectivity index (χ0v) is 11.7. The summed E-state index contributed by atoms with van der Waals surface area (Å²) >= 11 is 3.23. The third kappa shape index (κ3) is 5.53. The molecular formula is C12H15BrF2N2O. The Bertz CT molecular complexity index is 353. The van der Waals surface area contributed by atoms with E-state index in [0.29, 0.717) is 6.41 Å². The molecule has 0 radical (unpaired) electrons. The molecule has 0 atom stereocenters. The maximum Gasteiger partial charge on any atom is 0.251 e. The van der Waals surface area contributed by atoms with E-state index in [-0.39, 0.29) is 25.9 Å². The van der Waals surface area contributed by atoms with E-state index >= 15 is 0 Å². The van der Waals surface area contributed by atoms with Crippen LogP contribution in [0, 0.1) is 6.92 Å². The number of hydrogen-bond donors (Lipinski definition) is 0. The van der Waals surface area contributed by atoms with Gasteiger partial charge in [-0.05, 0) is 34.5 Å². The average molecular weight is 321 g/mol. The van der Waals surface area contributed by atoms with Gasteiger partial charge in [-0.3, -0.25) is 4.79 Å². The van der Waals surface area contributed by atoms with Crippen molar-refractivity contribution in [1.82, 2.24) is 9.88 Å². The minimum atomic E-state index is -2.54. The van der Waals surface area contributed by atoms with E-state index < -0.39 is 5.92 Å². The molecule has 1 saturated heterocycles. The molecule has 1 fully saturated rings. The van der Waals surface area contributed by atoms with Crippen LogP contribution < -0.4 is 0 Å². The second-order valence-corrected chi connectivity index (χ2v) is 4.97. The summed E-state index contributed by atoms with van der Waals surface area (Å²) in [6, 6.07) is 3.94. The fraction of sp³-hybridized carbons (Fsp3) is 0.500. The maximum absolute atomic E-state index is 12.4. The molecule has 1 aliphatic rings. The number of piperidine rings is 1. The molecule has 100 valence electrons. The lowest BCUT2D eigenvalue weighted by Gasteiger charge is -2.28. The number of likely N-dealkylation sites (tertiary alicyclic amines) is 1. The molecular weight excluding hydrogens is 306 g/mol. The molecule has 1 aliphatic heterocycles. The van der Waals surface area contributed by atoms with Gasteiger partial charge in [-0.25, -0.2) is 13.8 Å². The lowest BCUT2D eigenvalue weighted by atomic mass is 10.1. The maximum atomic E-state index is 12.4. The van der Waals surface area contributed by atoms with Crippen LogP contribution in [0.1, 0.15) is 18.4 Å². The van der Waals surface area contributed by atoms with Crippen LogP contribution in [0.3, 0.4) is 0 Å². The number of nitrogens with zero attached hydrogens (tertiary/aromatic N) is 2. The van der Waals surface area contributed by atoms with Crippen LogP contribution in [0.15, 0.2) is 22.9 Å². The molecule has 0 N–H and O–H groups in total. The minimum Gasteiger partial charge on any atom is -0.345 e. The number of carbonyl (C=O) groups excluding carboxylic acids is 1. The third-order valence-electron chi connectivity index (χ3n) is 2.55. The average Bonchev–Trinajstić information content (AvgIpc) is 2.34. The summed E-state index contributed by atoms with van der Waals surface area (Å²) in [7, 11) is 0. The Morgan fingerprint density at radius 1 is 1.39 bits per heavy atom. The second-order valence-electron chi connectivity index (χ2n) is 4.16. The van der Waals surface area contributed by atoms with Gasteiger partial charge < -0.3 is 4.90 Å². The number of pyridine rings is 1. The van der Waals surface area contributed by atoms with Crippen LogP contribution in [-0.2, 0) is 4.79 Å². The van der Waals surface area contributed by atoms with Crippen LogP contribution in [-0.4, -0.2) is 35.3 Å². The zero-order valence-electron chi connectivity index (χ0n) is 10.1. The van der Waals surface area contributed by atoms with Crippen LogP contribution in [0.5, 0.6) is 0 Å². The number of alkyl halides is 2. The lowest BCUT2D eigenvalue weighted by molar-refractivity contribution is -0.124. The van der Waals surface area contributed by atoms with Gasteiger partial charge in [0, 0.05) is 32.1 Å². The molecule has 1 aromatic heterocycles. The topological polar surface area (TPSA) is 33.2 Å². The number of carbonyl (C=O) groups is 1. The quantitative estimate of drug-likeness (QED) is 0.588. The lowest BCUT2D eigenvalue weighted by Crippen LogP contribution is -2.38. The molecule has 3 nitrogen and oxygen atoms in total. The van der Waals surface area contributed by atoms with E-state index in [1.54, 1.807) is 0 Å². The van der Waals surface area contributed by atoms with Crippen LogP contribution in [0.4, 0.5) is 8.78 Å². The molecule has 0 spiro atoms. The molecule has 2 rings (SSSR count). The van der Waals surface area contributed by atoms with E-state index in [2.05, 4.69) is 20.9 Å². The number of rotatable bonds is 1. The van der Waals surface area contributed by atoms with Crippen molar-refractivity contribution >= 4 is 22.3 Å². The van der Waals surface area contributed by atoms with E-state index in [9.17, 15) is 13.6 Å². The third-order valence-corrected chi connectivity index (χ3v) is 3.02. The molecule has 1 aromatic rings. The van der Waals surface area contributed by atoms with Crippen LogP contribution in [0.25, 0.3) is 0 Å². The van der Waals surface area contributed by atoms with E-state index in [1.807, 2.05) is 25.3 Å². The summed E-state index contributed by atoms with van der Waals surface area (Å²) in [5.41, 5.74) is 1.19. The van der Waals surface area contributed by atoms with Crippen molar-refractivity contribution in [3.05, 3.63) is 28.5 Å². The Morgan fingerprint density at radius 3 is 2.39 bits per heavy atom. The summed E-state index contributed by atoms with van der Waals surface area (Å²) in [6.45, 7) is 2.40. The highest BCUT2D eigenvalue weighted by Gasteiger charge is 2.33. The summed E-state index contributed by atoms with van der Waals surface area (Å²) < 4.78 is 25.6. The highest BCUT2D eigenvalue weighted by atomic mass is 79.9. The van der Waals surface area contributed by atoms with Crippen molar-refractivity contribution in [3.8, 4) is 0 Å². The van der Waals surface area contributed by atoms with Gasteiger partial charge in [0.1, 0.15) is 4.60 Å². The molecule has 0 unspecified atom stereocenters. The van der Waals surface area contributed by atoms with E-state index in [1.165, 1.54) is 10.5 Å². The summed E-state index contributed by atoms with van der Waals surface area (Å²) in [6.07, 6.45) is 2.07. The first-order chi connectivity index (χ1) is 8.43. The van der Waals surface area contributed by atoms with Crippen LogP contribution >= 0.6 is 15.9 Å².